The number of unbranched alkanes of at least 4 members (excludes halogenated alkanes) is 2. The molecule has 1 N–H and O–H groups in total. The maximum absolute atomic E-state index is 13.1. The molecular weight excluding hydrogens is 207 g/mol. The van der Waals surface area contributed by atoms with Gasteiger partial charge in [0.25, 0.3) is 0 Å². The van der Waals surface area contributed by atoms with Gasteiger partial charge in [-0.2, -0.15) is 0 Å². The minimum Gasteiger partial charge on any atom is -0.496 e. The Hall–Kier alpha value is -1.09. The Morgan fingerprint density at radius 2 is 2.12 bits per heavy atom. The molecule has 0 aliphatic heterocycles. The Kier molecular flexibility index (Phi) is 5.26. The fraction of sp³-hybridized carbons (Fsp3) is 0.538. The summed E-state index contributed by atoms with van der Waals surface area (Å²) in [5.41, 5.74) is 0.540. The molecule has 1 aromatic rings. The Morgan fingerprint density at radius 3 is 2.75 bits per heavy atom. The van der Waals surface area contributed by atoms with Crippen LogP contribution in [-0.2, 0) is 0 Å². The van der Waals surface area contributed by atoms with E-state index in [0.717, 1.165) is 19.3 Å². The highest BCUT2D eigenvalue weighted by Gasteiger charge is 2.13. The molecule has 1 aromatic carbocycles. The van der Waals surface area contributed by atoms with Gasteiger partial charge < -0.3 is 9.84 Å². The molecule has 0 spiro atoms. The summed E-state index contributed by atoms with van der Waals surface area (Å²) in [6, 6.07) is 4.23. The second kappa shape index (κ2) is 6.48. The highest BCUT2D eigenvalue weighted by molar-refractivity contribution is 5.35. The van der Waals surface area contributed by atoms with Crippen molar-refractivity contribution in [3.8, 4) is 5.75 Å². The average Bonchev–Trinajstić information content (AvgIpc) is 2.29. The van der Waals surface area contributed by atoms with E-state index in [1.54, 1.807) is 6.07 Å². The van der Waals surface area contributed by atoms with Crippen LogP contribution >= 0.6 is 0 Å². The van der Waals surface area contributed by atoms with Crippen molar-refractivity contribution < 1.29 is 14.2 Å². The van der Waals surface area contributed by atoms with Crippen LogP contribution in [0.1, 0.15) is 44.3 Å². The van der Waals surface area contributed by atoms with Crippen LogP contribution in [-0.4, -0.2) is 12.2 Å². The third kappa shape index (κ3) is 3.49. The lowest BCUT2D eigenvalue weighted by atomic mass is 10.0. The van der Waals surface area contributed by atoms with E-state index in [-0.39, 0.29) is 5.82 Å². The van der Waals surface area contributed by atoms with Gasteiger partial charge in [-0.05, 0) is 24.6 Å². The van der Waals surface area contributed by atoms with E-state index in [1.807, 2.05) is 0 Å². The normalized spacial score (nSPS) is 12.5. The molecular formula is C13H19FO2. The van der Waals surface area contributed by atoms with Crippen molar-refractivity contribution in [1.82, 2.24) is 0 Å². The maximum Gasteiger partial charge on any atom is 0.124 e. The van der Waals surface area contributed by atoms with Gasteiger partial charge in [0.1, 0.15) is 11.6 Å². The molecule has 0 saturated carbocycles. The minimum atomic E-state index is -0.641. The highest BCUT2D eigenvalue weighted by Crippen LogP contribution is 2.29. The lowest BCUT2D eigenvalue weighted by Crippen LogP contribution is -2.01. The van der Waals surface area contributed by atoms with E-state index in [0.29, 0.717) is 17.7 Å². The second-order valence-electron chi connectivity index (χ2n) is 3.90. The average molecular weight is 226 g/mol. The van der Waals surface area contributed by atoms with Crippen molar-refractivity contribution in [2.75, 3.05) is 7.11 Å². The molecule has 0 aromatic heterocycles. The van der Waals surface area contributed by atoms with Crippen LogP contribution in [0.4, 0.5) is 4.39 Å². The van der Waals surface area contributed by atoms with Crippen molar-refractivity contribution in [3.63, 3.8) is 0 Å². The van der Waals surface area contributed by atoms with Gasteiger partial charge in [0.2, 0.25) is 0 Å². The molecule has 0 amide bonds. The molecule has 0 bridgehead atoms. The number of aliphatic hydroxyl groups is 1. The molecule has 0 aliphatic rings. The number of hydrogen-bond acceptors (Lipinski definition) is 2. The first kappa shape index (κ1) is 13.0. The summed E-state index contributed by atoms with van der Waals surface area (Å²) in [4.78, 5) is 0. The first-order valence-electron chi connectivity index (χ1n) is 5.70. The smallest absolute Gasteiger partial charge is 0.124 e. The van der Waals surface area contributed by atoms with Gasteiger partial charge in [0.05, 0.1) is 13.2 Å². The molecule has 90 valence electrons. The summed E-state index contributed by atoms with van der Waals surface area (Å²) in [6.07, 6.45) is 3.13. The van der Waals surface area contributed by atoms with E-state index >= 15 is 0 Å². The van der Waals surface area contributed by atoms with Gasteiger partial charge in [-0.25, -0.2) is 4.39 Å². The van der Waals surface area contributed by atoms with Crippen molar-refractivity contribution in [1.29, 1.82) is 0 Å². The van der Waals surface area contributed by atoms with E-state index in [2.05, 4.69) is 6.92 Å². The van der Waals surface area contributed by atoms with Gasteiger partial charge in [-0.15, -0.1) is 0 Å². The fourth-order valence-electron chi connectivity index (χ4n) is 1.71. The van der Waals surface area contributed by atoms with E-state index in [4.69, 9.17) is 4.74 Å². The molecule has 16 heavy (non-hydrogen) atoms. The molecule has 0 heterocycles. The third-order valence-corrected chi connectivity index (χ3v) is 2.63. The molecule has 0 aliphatic carbocycles. The largest absolute Gasteiger partial charge is 0.496 e. The van der Waals surface area contributed by atoms with Crippen LogP contribution < -0.4 is 4.74 Å². The van der Waals surface area contributed by atoms with Gasteiger partial charge in [0, 0.05) is 5.56 Å². The summed E-state index contributed by atoms with van der Waals surface area (Å²) < 4.78 is 18.2. The molecule has 1 rings (SSSR count). The van der Waals surface area contributed by atoms with Crippen LogP contribution in [0.2, 0.25) is 0 Å². The van der Waals surface area contributed by atoms with Crippen LogP contribution in [0.25, 0.3) is 0 Å². The molecule has 1 atom stereocenters. The van der Waals surface area contributed by atoms with E-state index in [1.165, 1.54) is 19.2 Å². The first-order chi connectivity index (χ1) is 7.69. The maximum atomic E-state index is 13.1. The summed E-state index contributed by atoms with van der Waals surface area (Å²) in [6.45, 7) is 2.11. The van der Waals surface area contributed by atoms with Crippen molar-refractivity contribution in [3.05, 3.63) is 29.6 Å². The molecule has 0 radical (unpaired) electrons. The van der Waals surface area contributed by atoms with Crippen LogP contribution in [0, 0.1) is 5.82 Å². The number of methoxy groups -OCH3 is 1. The number of hydrogen-bond donors (Lipinski definition) is 1. The Morgan fingerprint density at radius 1 is 1.38 bits per heavy atom. The monoisotopic (exact) mass is 226 g/mol. The Bertz CT molecular complexity index is 326. The predicted octanol–water partition coefficient (Wildman–Crippen LogP) is 3.45. The van der Waals surface area contributed by atoms with Gasteiger partial charge in [-0.3, -0.25) is 0 Å². The SMILES string of the molecule is CCCCCC(O)c1cc(F)ccc1OC. The fourth-order valence-corrected chi connectivity index (χ4v) is 1.71. The van der Waals surface area contributed by atoms with Crippen LogP contribution in [0.15, 0.2) is 18.2 Å². The lowest BCUT2D eigenvalue weighted by Gasteiger charge is -2.14. The number of halogens is 1. The topological polar surface area (TPSA) is 29.5 Å². The number of benzene rings is 1. The van der Waals surface area contributed by atoms with Crippen molar-refractivity contribution in [2.24, 2.45) is 0 Å². The molecule has 2 nitrogen and oxygen atoms in total. The molecule has 1 unspecified atom stereocenters. The van der Waals surface area contributed by atoms with E-state index in [9.17, 15) is 9.50 Å². The van der Waals surface area contributed by atoms with Gasteiger partial charge in [-0.1, -0.05) is 26.2 Å². The quantitative estimate of drug-likeness (QED) is 0.753. The van der Waals surface area contributed by atoms with Gasteiger partial charge in [0.15, 0.2) is 0 Å². The summed E-state index contributed by atoms with van der Waals surface area (Å²) in [5, 5.41) is 9.94. The molecule has 0 fully saturated rings. The predicted molar refractivity (Wildman–Crippen MR) is 62.1 cm³/mol. The lowest BCUT2D eigenvalue weighted by molar-refractivity contribution is 0.159. The van der Waals surface area contributed by atoms with Gasteiger partial charge >= 0.3 is 0 Å². The Balaban J connectivity index is 2.72. The summed E-state index contributed by atoms with van der Waals surface area (Å²) in [7, 11) is 1.52. The zero-order chi connectivity index (χ0) is 12.0. The molecule has 0 saturated heterocycles. The number of rotatable bonds is 6. The zero-order valence-corrected chi connectivity index (χ0v) is 9.87. The highest BCUT2D eigenvalue weighted by atomic mass is 19.1. The van der Waals surface area contributed by atoms with Crippen molar-refractivity contribution in [2.45, 2.75) is 38.7 Å². The summed E-state index contributed by atoms with van der Waals surface area (Å²) >= 11 is 0. The minimum absolute atomic E-state index is 0.342. The third-order valence-electron chi connectivity index (χ3n) is 2.63. The number of aliphatic hydroxyl groups excluding tert-OH is 1. The Labute approximate surface area is 96.1 Å². The van der Waals surface area contributed by atoms with Crippen LogP contribution in [0.5, 0.6) is 5.75 Å². The summed E-state index contributed by atoms with van der Waals surface area (Å²) in [5.74, 6) is 0.204. The standard InChI is InChI=1S/C13H19FO2/c1-3-4-5-6-12(15)11-9-10(14)7-8-13(11)16-2/h7-9,12,15H,3-6H2,1-2H3. The molecule has 3 heteroatoms. The first-order valence-corrected chi connectivity index (χ1v) is 5.70. The van der Waals surface area contributed by atoms with Crippen LogP contribution in [0.3, 0.4) is 0 Å². The zero-order valence-electron chi connectivity index (χ0n) is 9.87. The second-order valence-corrected chi connectivity index (χ2v) is 3.90. The van der Waals surface area contributed by atoms with E-state index < -0.39 is 6.10 Å². The number of ether oxygens (including phenoxy) is 1. The van der Waals surface area contributed by atoms with Crippen molar-refractivity contribution >= 4 is 0 Å².